The summed E-state index contributed by atoms with van der Waals surface area (Å²) >= 11 is 0. The molecule has 3 rings (SSSR count). The molecule has 3 aromatic rings. The van der Waals surface area contributed by atoms with Crippen LogP contribution in [0.4, 0.5) is 5.69 Å². The van der Waals surface area contributed by atoms with Crippen molar-refractivity contribution in [3.8, 4) is 5.75 Å². The molecule has 2 amide bonds. The van der Waals surface area contributed by atoms with E-state index in [1.165, 1.54) is 24.1 Å². The summed E-state index contributed by atoms with van der Waals surface area (Å²) in [7, 11) is -2.62. The van der Waals surface area contributed by atoms with E-state index in [4.69, 9.17) is 4.74 Å². The smallest absolute Gasteiger partial charge is 0.264 e. The highest BCUT2D eigenvalue weighted by Crippen LogP contribution is 2.27. The first-order valence-corrected chi connectivity index (χ1v) is 14.1. The fourth-order valence-corrected chi connectivity index (χ4v) is 5.63. The second-order valence-corrected chi connectivity index (χ2v) is 10.5. The number of carbonyl (C=O) groups excluding carboxylic acids is 2. The van der Waals surface area contributed by atoms with Crippen molar-refractivity contribution >= 4 is 27.5 Å². The van der Waals surface area contributed by atoms with Crippen LogP contribution in [0.15, 0.2) is 89.8 Å². The van der Waals surface area contributed by atoms with Crippen LogP contribution in [0.3, 0.4) is 0 Å². The summed E-state index contributed by atoms with van der Waals surface area (Å²) in [5.74, 6) is -0.283. The zero-order valence-corrected chi connectivity index (χ0v) is 22.9. The van der Waals surface area contributed by atoms with Gasteiger partial charge in [0.15, 0.2) is 0 Å². The van der Waals surface area contributed by atoms with E-state index >= 15 is 0 Å². The SMILES string of the molecule is CCNC(=O)[C@H](CC)N(CCc1ccccc1)C(=O)CN(c1cccc(OC)c1)S(=O)(=O)c1ccccc1. The van der Waals surface area contributed by atoms with E-state index in [-0.39, 0.29) is 23.0 Å². The van der Waals surface area contributed by atoms with Crippen molar-refractivity contribution in [3.63, 3.8) is 0 Å². The minimum Gasteiger partial charge on any atom is -0.497 e. The van der Waals surface area contributed by atoms with E-state index in [9.17, 15) is 18.0 Å². The first-order valence-electron chi connectivity index (χ1n) is 12.6. The molecule has 38 heavy (non-hydrogen) atoms. The molecule has 0 aliphatic rings. The van der Waals surface area contributed by atoms with Gasteiger partial charge in [-0.05, 0) is 49.6 Å². The van der Waals surface area contributed by atoms with Crippen LogP contribution in [0.2, 0.25) is 0 Å². The Morgan fingerprint density at radius 3 is 2.18 bits per heavy atom. The van der Waals surface area contributed by atoms with Crippen molar-refractivity contribution < 1.29 is 22.7 Å². The van der Waals surface area contributed by atoms with Crippen LogP contribution in [0.25, 0.3) is 0 Å². The molecule has 3 aromatic carbocycles. The lowest BCUT2D eigenvalue weighted by Gasteiger charge is -2.33. The third-order valence-electron chi connectivity index (χ3n) is 6.17. The highest BCUT2D eigenvalue weighted by Gasteiger charge is 2.33. The summed E-state index contributed by atoms with van der Waals surface area (Å²) in [6, 6.07) is 23.4. The summed E-state index contributed by atoms with van der Waals surface area (Å²) < 4.78 is 33.9. The molecule has 0 radical (unpaired) electrons. The van der Waals surface area contributed by atoms with Crippen LogP contribution in [0.1, 0.15) is 25.8 Å². The Bertz CT molecular complexity index is 1300. The maximum Gasteiger partial charge on any atom is 0.264 e. The van der Waals surface area contributed by atoms with Crippen LogP contribution in [0, 0.1) is 0 Å². The number of methoxy groups -OCH3 is 1. The zero-order chi connectivity index (χ0) is 27.5. The van der Waals surface area contributed by atoms with Gasteiger partial charge in [0.05, 0.1) is 17.7 Å². The van der Waals surface area contributed by atoms with Crippen LogP contribution < -0.4 is 14.4 Å². The molecule has 0 spiro atoms. The molecule has 9 heteroatoms. The Kier molecular flexibility index (Phi) is 10.3. The summed E-state index contributed by atoms with van der Waals surface area (Å²) in [6.45, 7) is 3.86. The van der Waals surface area contributed by atoms with Crippen LogP contribution in [-0.4, -0.2) is 57.9 Å². The Morgan fingerprint density at radius 1 is 0.921 bits per heavy atom. The van der Waals surface area contributed by atoms with E-state index in [2.05, 4.69) is 5.32 Å². The minimum absolute atomic E-state index is 0.0576. The van der Waals surface area contributed by atoms with Gasteiger partial charge in [-0.25, -0.2) is 8.42 Å². The minimum atomic E-state index is -4.11. The molecule has 0 aromatic heterocycles. The fourth-order valence-electron chi connectivity index (χ4n) is 4.20. The Hall–Kier alpha value is -3.85. The van der Waals surface area contributed by atoms with E-state index < -0.39 is 28.5 Å². The number of hydrogen-bond acceptors (Lipinski definition) is 5. The van der Waals surface area contributed by atoms with Gasteiger partial charge in [-0.3, -0.25) is 13.9 Å². The number of amides is 2. The molecular formula is C29H35N3O5S. The van der Waals surface area contributed by atoms with Crippen LogP contribution in [0.5, 0.6) is 5.75 Å². The average molecular weight is 538 g/mol. The van der Waals surface area contributed by atoms with Gasteiger partial charge in [-0.15, -0.1) is 0 Å². The van der Waals surface area contributed by atoms with Gasteiger partial charge in [0.2, 0.25) is 11.8 Å². The number of carbonyl (C=O) groups is 2. The van der Waals surface area contributed by atoms with Crippen molar-refractivity contribution in [1.29, 1.82) is 0 Å². The molecule has 8 nitrogen and oxygen atoms in total. The van der Waals surface area contributed by atoms with Gasteiger partial charge in [-0.1, -0.05) is 61.5 Å². The number of likely N-dealkylation sites (N-methyl/N-ethyl adjacent to an activating group) is 1. The maximum absolute atomic E-state index is 13.9. The van der Waals surface area contributed by atoms with Gasteiger partial charge in [0.1, 0.15) is 18.3 Å². The highest BCUT2D eigenvalue weighted by atomic mass is 32.2. The summed E-state index contributed by atoms with van der Waals surface area (Å²) in [5, 5.41) is 2.81. The van der Waals surface area contributed by atoms with E-state index in [0.29, 0.717) is 25.1 Å². The third kappa shape index (κ3) is 7.13. The lowest BCUT2D eigenvalue weighted by molar-refractivity contribution is -0.139. The monoisotopic (exact) mass is 537 g/mol. The molecular weight excluding hydrogens is 502 g/mol. The Balaban J connectivity index is 2.01. The molecule has 0 unspecified atom stereocenters. The zero-order valence-electron chi connectivity index (χ0n) is 22.0. The second kappa shape index (κ2) is 13.6. The van der Waals surface area contributed by atoms with Crippen molar-refractivity contribution in [2.75, 3.05) is 31.0 Å². The predicted octanol–water partition coefficient (Wildman–Crippen LogP) is 3.88. The topological polar surface area (TPSA) is 96.0 Å². The van der Waals surface area contributed by atoms with Gasteiger partial charge in [0.25, 0.3) is 10.0 Å². The van der Waals surface area contributed by atoms with Gasteiger partial charge < -0.3 is 15.0 Å². The summed E-state index contributed by atoms with van der Waals surface area (Å²) in [5.41, 5.74) is 1.30. The molecule has 0 bridgehead atoms. The Labute approximate surface area is 225 Å². The number of anilines is 1. The maximum atomic E-state index is 13.9. The molecule has 0 aliphatic heterocycles. The number of sulfonamides is 1. The molecule has 0 saturated heterocycles. The standard InChI is InChI=1S/C29H35N3O5S/c1-4-27(29(34)30-5-2)31(20-19-23-13-8-6-9-14-23)28(33)22-32(24-15-12-16-25(21-24)37-3)38(35,36)26-17-10-7-11-18-26/h6-18,21,27H,4-5,19-20,22H2,1-3H3,(H,30,34)/t27-/m0/s1. The first-order chi connectivity index (χ1) is 18.3. The van der Waals surface area contributed by atoms with E-state index in [1.54, 1.807) is 42.5 Å². The quantitative estimate of drug-likeness (QED) is 0.357. The summed E-state index contributed by atoms with van der Waals surface area (Å²) in [6.07, 6.45) is 0.907. The molecule has 0 fully saturated rings. The number of benzene rings is 3. The molecule has 1 atom stereocenters. The van der Waals surface area contributed by atoms with Crippen molar-refractivity contribution in [2.24, 2.45) is 0 Å². The molecule has 0 aliphatic carbocycles. The van der Waals surface area contributed by atoms with E-state index in [1.807, 2.05) is 44.2 Å². The molecule has 0 saturated carbocycles. The first kappa shape index (κ1) is 28.7. The number of nitrogens with zero attached hydrogens (tertiary/aromatic N) is 2. The van der Waals surface area contributed by atoms with Gasteiger partial charge >= 0.3 is 0 Å². The van der Waals surface area contributed by atoms with Gasteiger partial charge in [-0.2, -0.15) is 0 Å². The van der Waals surface area contributed by atoms with Crippen molar-refractivity contribution in [1.82, 2.24) is 10.2 Å². The molecule has 202 valence electrons. The van der Waals surface area contributed by atoms with Crippen LogP contribution in [-0.2, 0) is 26.0 Å². The normalized spacial score (nSPS) is 11.9. The Morgan fingerprint density at radius 2 is 1.58 bits per heavy atom. The number of ether oxygens (including phenoxy) is 1. The molecule has 1 N–H and O–H groups in total. The number of rotatable bonds is 13. The summed E-state index contributed by atoms with van der Waals surface area (Å²) in [4.78, 5) is 28.4. The van der Waals surface area contributed by atoms with Crippen molar-refractivity contribution in [2.45, 2.75) is 37.6 Å². The number of hydrogen-bond donors (Lipinski definition) is 1. The lowest BCUT2D eigenvalue weighted by Crippen LogP contribution is -2.53. The highest BCUT2D eigenvalue weighted by molar-refractivity contribution is 7.92. The molecule has 0 heterocycles. The van der Waals surface area contributed by atoms with Crippen molar-refractivity contribution in [3.05, 3.63) is 90.5 Å². The van der Waals surface area contributed by atoms with E-state index in [0.717, 1.165) is 9.87 Å². The number of nitrogens with one attached hydrogen (secondary N) is 1. The largest absolute Gasteiger partial charge is 0.497 e. The predicted molar refractivity (Wildman–Crippen MR) is 149 cm³/mol. The third-order valence-corrected chi connectivity index (χ3v) is 7.96. The average Bonchev–Trinajstić information content (AvgIpc) is 2.94. The second-order valence-electron chi connectivity index (χ2n) is 8.67. The lowest BCUT2D eigenvalue weighted by atomic mass is 10.1. The van der Waals surface area contributed by atoms with Crippen LogP contribution >= 0.6 is 0 Å². The fraction of sp³-hybridized carbons (Fsp3) is 0.310. The van der Waals surface area contributed by atoms with Gasteiger partial charge in [0, 0.05) is 19.2 Å².